The average Bonchev–Trinajstić information content (AvgIpc) is 2.96. The van der Waals surface area contributed by atoms with E-state index in [2.05, 4.69) is 5.10 Å². The van der Waals surface area contributed by atoms with Crippen LogP contribution >= 0.6 is 0 Å². The lowest BCUT2D eigenvalue weighted by Gasteiger charge is -2.06. The topological polar surface area (TPSA) is 104 Å². The summed E-state index contributed by atoms with van der Waals surface area (Å²) < 4.78 is 31.1. The summed E-state index contributed by atoms with van der Waals surface area (Å²) in [6.07, 6.45) is 0. The number of carbonyl (C=O) groups is 1. The number of aryl methyl sites for hydroxylation is 2. The number of carbonyl (C=O) groups excluding carboxylic acids is 1. The summed E-state index contributed by atoms with van der Waals surface area (Å²) in [5.41, 5.74) is 7.91. The van der Waals surface area contributed by atoms with E-state index in [9.17, 15) is 13.2 Å². The van der Waals surface area contributed by atoms with Gasteiger partial charge in [-0.15, -0.1) is 9.19 Å². The van der Waals surface area contributed by atoms with Gasteiger partial charge in [-0.2, -0.15) is 8.42 Å². The summed E-state index contributed by atoms with van der Waals surface area (Å²) in [6.45, 7) is 3.69. The lowest BCUT2D eigenvalue weighted by atomic mass is 10.1. The van der Waals surface area contributed by atoms with Gasteiger partial charge in [0.15, 0.2) is 0 Å². The quantitative estimate of drug-likeness (QED) is 0.707. The fourth-order valence-corrected chi connectivity index (χ4v) is 3.53. The Labute approximate surface area is 151 Å². The zero-order valence-corrected chi connectivity index (χ0v) is 15.0. The Morgan fingerprint density at radius 1 is 1.04 bits per heavy atom. The number of rotatable bonds is 4. The Balaban J connectivity index is 1.89. The third-order valence-electron chi connectivity index (χ3n) is 3.68. The van der Waals surface area contributed by atoms with Crippen LogP contribution in [-0.4, -0.2) is 23.6 Å². The molecule has 0 amide bonds. The maximum Gasteiger partial charge on any atom is 0.344 e. The van der Waals surface area contributed by atoms with Crippen molar-refractivity contribution in [1.29, 1.82) is 0 Å². The van der Waals surface area contributed by atoms with Crippen molar-refractivity contribution in [1.82, 2.24) is 9.19 Å². The van der Waals surface area contributed by atoms with E-state index >= 15 is 0 Å². The number of esters is 1. The molecule has 0 bridgehead atoms. The summed E-state index contributed by atoms with van der Waals surface area (Å²) in [5, 5.41) is 3.83. The molecule has 2 N–H and O–H groups in total. The zero-order chi connectivity index (χ0) is 18.9. The van der Waals surface area contributed by atoms with E-state index in [-0.39, 0.29) is 16.6 Å². The molecule has 0 fully saturated rings. The molecule has 3 aromatic rings. The van der Waals surface area contributed by atoms with Gasteiger partial charge in [-0.3, -0.25) is 0 Å². The minimum atomic E-state index is -3.98. The third-order valence-corrected chi connectivity index (χ3v) is 5.29. The summed E-state index contributed by atoms with van der Waals surface area (Å²) in [6, 6.07) is 14.3. The lowest BCUT2D eigenvalue weighted by Crippen LogP contribution is -2.17. The van der Waals surface area contributed by atoms with Crippen LogP contribution in [0.5, 0.6) is 5.88 Å². The number of aromatic nitrogens is 2. The SMILES string of the molecule is Cc1ccc(S(=O)(=O)n2nc(OC(=O)c3cccc(C)c3)cc2N)cc1. The number of nitrogen functional groups attached to an aromatic ring is 1. The maximum atomic E-state index is 12.7. The van der Waals surface area contributed by atoms with Crippen LogP contribution in [-0.2, 0) is 10.0 Å². The molecule has 1 aromatic heterocycles. The largest absolute Gasteiger partial charge is 0.402 e. The van der Waals surface area contributed by atoms with Crippen molar-refractivity contribution < 1.29 is 17.9 Å². The Kier molecular flexibility index (Phi) is 4.52. The van der Waals surface area contributed by atoms with Crippen LogP contribution in [0.3, 0.4) is 0 Å². The minimum Gasteiger partial charge on any atom is -0.402 e. The van der Waals surface area contributed by atoms with Crippen molar-refractivity contribution in [3.63, 3.8) is 0 Å². The normalized spacial score (nSPS) is 11.3. The second-order valence-electron chi connectivity index (χ2n) is 5.83. The number of anilines is 1. The summed E-state index contributed by atoms with van der Waals surface area (Å²) in [5.74, 6) is -0.992. The molecule has 0 spiro atoms. The van der Waals surface area contributed by atoms with Crippen LogP contribution in [0.15, 0.2) is 59.5 Å². The number of ether oxygens (including phenoxy) is 1. The zero-order valence-electron chi connectivity index (χ0n) is 14.2. The molecule has 0 atom stereocenters. The fourth-order valence-electron chi connectivity index (χ4n) is 2.34. The number of nitrogens with two attached hydrogens (primary N) is 1. The van der Waals surface area contributed by atoms with Crippen LogP contribution < -0.4 is 10.5 Å². The van der Waals surface area contributed by atoms with Crippen molar-refractivity contribution in [2.75, 3.05) is 5.73 Å². The molecular weight excluding hydrogens is 354 g/mol. The predicted molar refractivity (Wildman–Crippen MR) is 96.5 cm³/mol. The first-order chi connectivity index (χ1) is 12.3. The highest BCUT2D eigenvalue weighted by atomic mass is 32.2. The molecule has 26 heavy (non-hydrogen) atoms. The van der Waals surface area contributed by atoms with E-state index < -0.39 is 16.0 Å². The van der Waals surface area contributed by atoms with Crippen molar-refractivity contribution in [3.8, 4) is 5.88 Å². The second kappa shape index (κ2) is 6.64. The van der Waals surface area contributed by atoms with Crippen LogP contribution in [0.2, 0.25) is 0 Å². The number of nitrogens with zero attached hydrogens (tertiary/aromatic N) is 2. The van der Waals surface area contributed by atoms with E-state index in [0.717, 1.165) is 11.1 Å². The summed E-state index contributed by atoms with van der Waals surface area (Å²) in [4.78, 5) is 12.2. The van der Waals surface area contributed by atoms with Gasteiger partial charge in [-0.25, -0.2) is 4.79 Å². The third kappa shape index (κ3) is 3.45. The van der Waals surface area contributed by atoms with Gasteiger partial charge in [0.25, 0.3) is 10.0 Å². The first-order valence-electron chi connectivity index (χ1n) is 7.74. The smallest absolute Gasteiger partial charge is 0.344 e. The fraction of sp³-hybridized carbons (Fsp3) is 0.111. The van der Waals surface area contributed by atoms with Crippen molar-refractivity contribution in [2.45, 2.75) is 18.7 Å². The first-order valence-corrected chi connectivity index (χ1v) is 9.18. The molecular formula is C18H17N3O4S. The highest BCUT2D eigenvalue weighted by Crippen LogP contribution is 2.22. The van der Waals surface area contributed by atoms with Crippen LogP contribution in [0, 0.1) is 13.8 Å². The lowest BCUT2D eigenvalue weighted by molar-refractivity contribution is 0.0727. The molecule has 0 aliphatic carbocycles. The number of hydrogen-bond acceptors (Lipinski definition) is 6. The van der Waals surface area contributed by atoms with Gasteiger partial charge in [0.05, 0.1) is 10.5 Å². The molecule has 0 saturated carbocycles. The molecule has 0 saturated heterocycles. The summed E-state index contributed by atoms with van der Waals surface area (Å²) in [7, 11) is -3.98. The maximum absolute atomic E-state index is 12.7. The Hall–Kier alpha value is -3.13. The van der Waals surface area contributed by atoms with Crippen LogP contribution in [0.25, 0.3) is 0 Å². The molecule has 0 unspecified atom stereocenters. The average molecular weight is 371 g/mol. The van der Waals surface area contributed by atoms with E-state index in [0.29, 0.717) is 9.65 Å². The van der Waals surface area contributed by atoms with E-state index in [1.807, 2.05) is 19.9 Å². The predicted octanol–water partition coefficient (Wildman–Crippen LogP) is 2.54. The molecule has 134 valence electrons. The van der Waals surface area contributed by atoms with Crippen molar-refractivity contribution in [2.24, 2.45) is 0 Å². The molecule has 3 rings (SSSR count). The Morgan fingerprint density at radius 3 is 2.38 bits per heavy atom. The molecule has 0 aliphatic rings. The van der Waals surface area contributed by atoms with Gasteiger partial charge >= 0.3 is 5.97 Å². The van der Waals surface area contributed by atoms with Crippen LogP contribution in [0.1, 0.15) is 21.5 Å². The van der Waals surface area contributed by atoms with Gasteiger partial charge in [-0.05, 0) is 38.1 Å². The van der Waals surface area contributed by atoms with E-state index in [4.69, 9.17) is 10.5 Å². The molecule has 1 heterocycles. The molecule has 0 radical (unpaired) electrons. The van der Waals surface area contributed by atoms with E-state index in [1.165, 1.54) is 18.2 Å². The molecule has 0 aliphatic heterocycles. The van der Waals surface area contributed by atoms with Gasteiger partial charge in [0.2, 0.25) is 5.88 Å². The Morgan fingerprint density at radius 2 is 1.73 bits per heavy atom. The molecule has 8 heteroatoms. The molecule has 7 nitrogen and oxygen atoms in total. The summed E-state index contributed by atoms with van der Waals surface area (Å²) >= 11 is 0. The molecule has 2 aromatic carbocycles. The van der Waals surface area contributed by atoms with Crippen molar-refractivity contribution in [3.05, 3.63) is 71.3 Å². The van der Waals surface area contributed by atoms with Gasteiger partial charge in [-0.1, -0.05) is 35.4 Å². The van der Waals surface area contributed by atoms with Gasteiger partial charge in [0.1, 0.15) is 5.82 Å². The van der Waals surface area contributed by atoms with Gasteiger partial charge in [0, 0.05) is 6.07 Å². The minimum absolute atomic E-state index is 0.0365. The first kappa shape index (κ1) is 17.7. The monoisotopic (exact) mass is 371 g/mol. The number of hydrogen-bond donors (Lipinski definition) is 1. The number of benzene rings is 2. The highest BCUT2D eigenvalue weighted by Gasteiger charge is 2.23. The van der Waals surface area contributed by atoms with Crippen molar-refractivity contribution >= 4 is 21.8 Å². The Bertz CT molecular complexity index is 1070. The van der Waals surface area contributed by atoms with E-state index in [1.54, 1.807) is 30.3 Å². The van der Waals surface area contributed by atoms with Gasteiger partial charge < -0.3 is 10.5 Å². The van der Waals surface area contributed by atoms with Crippen LogP contribution in [0.4, 0.5) is 5.82 Å². The highest BCUT2D eigenvalue weighted by molar-refractivity contribution is 7.90. The standard InChI is InChI=1S/C18H17N3O4S/c1-12-6-8-15(9-7-12)26(23,24)21-16(19)11-17(20-21)25-18(22)14-5-3-4-13(2)10-14/h3-11H,19H2,1-2H3. The second-order valence-corrected chi connectivity index (χ2v) is 7.59.